The third-order valence-electron chi connectivity index (χ3n) is 3.31. The van der Waals surface area contributed by atoms with Crippen molar-refractivity contribution in [2.45, 2.75) is 39.7 Å². The normalized spacial score (nSPS) is 11.3. The smallest absolute Gasteiger partial charge is 0.303 e. The van der Waals surface area contributed by atoms with Gasteiger partial charge in [0.25, 0.3) is 0 Å². The van der Waals surface area contributed by atoms with E-state index in [2.05, 4.69) is 49.7 Å². The first-order chi connectivity index (χ1) is 8.50. The molecule has 0 saturated carbocycles. The zero-order chi connectivity index (χ0) is 13.3. The molecular weight excluding hydrogens is 226 g/mol. The van der Waals surface area contributed by atoms with Crippen molar-refractivity contribution in [1.82, 2.24) is 4.57 Å². The Morgan fingerprint density at radius 2 is 2.11 bits per heavy atom. The summed E-state index contributed by atoms with van der Waals surface area (Å²) in [7, 11) is 0. The highest BCUT2D eigenvalue weighted by Crippen LogP contribution is 2.28. The van der Waals surface area contributed by atoms with E-state index in [1.807, 2.05) is 0 Å². The lowest BCUT2D eigenvalue weighted by atomic mass is 10.0. The first kappa shape index (κ1) is 12.7. The van der Waals surface area contributed by atoms with Gasteiger partial charge in [-0.15, -0.1) is 0 Å². The van der Waals surface area contributed by atoms with E-state index in [1.54, 1.807) is 0 Å². The van der Waals surface area contributed by atoms with Crippen LogP contribution in [0.3, 0.4) is 0 Å². The maximum Gasteiger partial charge on any atom is 0.303 e. The molecule has 0 unspecified atom stereocenters. The van der Waals surface area contributed by atoms with Gasteiger partial charge in [-0.25, -0.2) is 0 Å². The Labute approximate surface area is 107 Å². The molecule has 0 bridgehead atoms. The Morgan fingerprint density at radius 1 is 1.39 bits per heavy atom. The van der Waals surface area contributed by atoms with Crippen LogP contribution in [0.4, 0.5) is 0 Å². The Kier molecular flexibility index (Phi) is 3.41. The lowest BCUT2D eigenvalue weighted by Gasteiger charge is -2.09. The number of hydrogen-bond acceptors (Lipinski definition) is 1. The number of aliphatic carboxylic acids is 1. The first-order valence-corrected chi connectivity index (χ1v) is 6.31. The summed E-state index contributed by atoms with van der Waals surface area (Å²) in [6, 6.07) is 6.62. The van der Waals surface area contributed by atoms with Crippen LogP contribution in [0.15, 0.2) is 24.4 Å². The zero-order valence-corrected chi connectivity index (χ0v) is 11.1. The lowest BCUT2D eigenvalue weighted by molar-refractivity contribution is -0.136. The maximum atomic E-state index is 10.7. The van der Waals surface area contributed by atoms with E-state index in [9.17, 15) is 4.79 Å². The van der Waals surface area contributed by atoms with Crippen LogP contribution in [-0.2, 0) is 11.2 Å². The molecule has 0 aliphatic carbocycles. The van der Waals surface area contributed by atoms with Gasteiger partial charge in [0, 0.05) is 29.6 Å². The largest absolute Gasteiger partial charge is 0.481 e. The third kappa shape index (κ3) is 2.26. The van der Waals surface area contributed by atoms with Gasteiger partial charge in [-0.2, -0.15) is 0 Å². The van der Waals surface area contributed by atoms with Crippen LogP contribution in [0, 0.1) is 6.92 Å². The number of carbonyl (C=O) groups is 1. The Morgan fingerprint density at radius 3 is 2.72 bits per heavy atom. The average molecular weight is 245 g/mol. The number of carboxylic acids is 1. The van der Waals surface area contributed by atoms with Gasteiger partial charge in [0.1, 0.15) is 0 Å². The number of fused-ring (bicyclic) bond motifs is 1. The second kappa shape index (κ2) is 4.84. The Hall–Kier alpha value is -1.77. The molecule has 0 radical (unpaired) electrons. The van der Waals surface area contributed by atoms with Crippen LogP contribution in [0.25, 0.3) is 10.9 Å². The fourth-order valence-electron chi connectivity index (χ4n) is 2.45. The number of rotatable bonds is 4. The average Bonchev–Trinajstić information content (AvgIpc) is 2.67. The van der Waals surface area contributed by atoms with Crippen LogP contribution in [0.2, 0.25) is 0 Å². The standard InChI is InChI=1S/C15H19NO2/c1-10(2)16-9-12(7-8-14(17)18)15-11(3)5-4-6-13(15)16/h4-6,9-10H,7-8H2,1-3H3,(H,17,18). The summed E-state index contributed by atoms with van der Waals surface area (Å²) >= 11 is 0. The lowest BCUT2D eigenvalue weighted by Crippen LogP contribution is -1.98. The quantitative estimate of drug-likeness (QED) is 0.895. The topological polar surface area (TPSA) is 42.2 Å². The summed E-state index contributed by atoms with van der Waals surface area (Å²) in [5.41, 5.74) is 3.55. The number of hydrogen-bond donors (Lipinski definition) is 1. The molecule has 18 heavy (non-hydrogen) atoms. The minimum absolute atomic E-state index is 0.186. The van der Waals surface area contributed by atoms with Crippen LogP contribution >= 0.6 is 0 Å². The molecule has 0 saturated heterocycles. The summed E-state index contributed by atoms with van der Waals surface area (Å²) in [5.74, 6) is -0.742. The van der Waals surface area contributed by atoms with Crippen molar-refractivity contribution in [3.05, 3.63) is 35.5 Å². The molecule has 0 fully saturated rings. The number of nitrogens with zero attached hydrogens (tertiary/aromatic N) is 1. The van der Waals surface area contributed by atoms with Crippen molar-refractivity contribution in [1.29, 1.82) is 0 Å². The number of aryl methyl sites for hydroxylation is 2. The zero-order valence-electron chi connectivity index (χ0n) is 11.1. The molecule has 2 rings (SSSR count). The van der Waals surface area contributed by atoms with Crippen molar-refractivity contribution < 1.29 is 9.90 Å². The van der Waals surface area contributed by atoms with Crippen molar-refractivity contribution >= 4 is 16.9 Å². The SMILES string of the molecule is Cc1cccc2c1c(CCC(=O)O)cn2C(C)C. The first-order valence-electron chi connectivity index (χ1n) is 6.31. The predicted molar refractivity (Wildman–Crippen MR) is 73.0 cm³/mol. The molecule has 96 valence electrons. The second-order valence-electron chi connectivity index (χ2n) is 5.02. The monoisotopic (exact) mass is 245 g/mol. The highest BCUT2D eigenvalue weighted by Gasteiger charge is 2.12. The molecule has 3 nitrogen and oxygen atoms in total. The van der Waals surface area contributed by atoms with Gasteiger partial charge in [0.2, 0.25) is 0 Å². The molecule has 1 N–H and O–H groups in total. The molecule has 0 aliphatic rings. The molecule has 1 aromatic heterocycles. The molecule has 0 spiro atoms. The summed E-state index contributed by atoms with van der Waals surface area (Å²) in [4.78, 5) is 10.7. The van der Waals surface area contributed by atoms with E-state index in [1.165, 1.54) is 16.5 Å². The number of carboxylic acid groups (broad SMARTS) is 1. The van der Waals surface area contributed by atoms with E-state index in [4.69, 9.17) is 5.11 Å². The van der Waals surface area contributed by atoms with Gasteiger partial charge in [-0.3, -0.25) is 4.79 Å². The highest BCUT2D eigenvalue weighted by atomic mass is 16.4. The summed E-state index contributed by atoms with van der Waals surface area (Å²) in [5, 5.41) is 10.0. The van der Waals surface area contributed by atoms with Crippen LogP contribution in [0.1, 0.15) is 37.4 Å². The molecular formula is C15H19NO2. The predicted octanol–water partition coefficient (Wildman–Crippen LogP) is 3.55. The maximum absolute atomic E-state index is 10.7. The van der Waals surface area contributed by atoms with Crippen molar-refractivity contribution in [3.63, 3.8) is 0 Å². The van der Waals surface area contributed by atoms with E-state index in [0.717, 1.165) is 5.56 Å². The van der Waals surface area contributed by atoms with Crippen molar-refractivity contribution in [2.75, 3.05) is 0 Å². The summed E-state index contributed by atoms with van der Waals surface area (Å²) < 4.78 is 2.22. The van der Waals surface area contributed by atoms with Gasteiger partial charge in [0.05, 0.1) is 0 Å². The third-order valence-corrected chi connectivity index (χ3v) is 3.31. The summed E-state index contributed by atoms with van der Waals surface area (Å²) in [6.07, 6.45) is 2.88. The fraction of sp³-hybridized carbons (Fsp3) is 0.400. The Bertz CT molecular complexity index is 581. The fourth-order valence-corrected chi connectivity index (χ4v) is 2.45. The van der Waals surface area contributed by atoms with E-state index >= 15 is 0 Å². The van der Waals surface area contributed by atoms with Gasteiger partial charge in [-0.1, -0.05) is 12.1 Å². The van der Waals surface area contributed by atoms with Crippen LogP contribution < -0.4 is 0 Å². The second-order valence-corrected chi connectivity index (χ2v) is 5.02. The summed E-state index contributed by atoms with van der Waals surface area (Å²) in [6.45, 7) is 6.36. The van der Waals surface area contributed by atoms with Gasteiger partial charge in [0.15, 0.2) is 0 Å². The van der Waals surface area contributed by atoms with E-state index < -0.39 is 5.97 Å². The van der Waals surface area contributed by atoms with E-state index in [-0.39, 0.29) is 6.42 Å². The van der Waals surface area contributed by atoms with Gasteiger partial charge >= 0.3 is 5.97 Å². The number of benzene rings is 1. The minimum Gasteiger partial charge on any atom is -0.481 e. The molecule has 0 atom stereocenters. The van der Waals surface area contributed by atoms with E-state index in [0.29, 0.717) is 12.5 Å². The van der Waals surface area contributed by atoms with Crippen LogP contribution in [0.5, 0.6) is 0 Å². The molecule has 3 heteroatoms. The molecule has 2 aromatic rings. The molecule has 0 amide bonds. The number of aromatic nitrogens is 1. The minimum atomic E-state index is -0.742. The molecule has 1 heterocycles. The Balaban J connectivity index is 2.55. The molecule has 0 aliphatic heterocycles. The highest BCUT2D eigenvalue weighted by molar-refractivity contribution is 5.87. The van der Waals surface area contributed by atoms with Crippen molar-refractivity contribution in [3.8, 4) is 0 Å². The van der Waals surface area contributed by atoms with Gasteiger partial charge in [-0.05, 0) is 44.4 Å². The van der Waals surface area contributed by atoms with Gasteiger partial charge < -0.3 is 9.67 Å². The van der Waals surface area contributed by atoms with Crippen molar-refractivity contribution in [2.24, 2.45) is 0 Å². The molecule has 1 aromatic carbocycles. The van der Waals surface area contributed by atoms with Crippen LogP contribution in [-0.4, -0.2) is 15.6 Å².